The molecule has 0 N–H and O–H groups in total. The van der Waals surface area contributed by atoms with Gasteiger partial charge in [-0.15, -0.1) is 0 Å². The number of aryl methyl sites for hydroxylation is 1. The van der Waals surface area contributed by atoms with Crippen molar-refractivity contribution < 1.29 is 19.2 Å². The van der Waals surface area contributed by atoms with Crippen LogP contribution < -0.4 is 4.74 Å². The summed E-state index contributed by atoms with van der Waals surface area (Å²) in [5, 5.41) is 11.1. The summed E-state index contributed by atoms with van der Waals surface area (Å²) in [6.07, 6.45) is 0.801. The van der Waals surface area contributed by atoms with Crippen LogP contribution in [-0.2, 0) is 4.74 Å². The Balaban J connectivity index is 3.06. The highest BCUT2D eigenvalue weighted by molar-refractivity contribution is 5.92. The molecule has 0 aliphatic carbocycles. The van der Waals surface area contributed by atoms with Crippen molar-refractivity contribution in [1.82, 2.24) is 0 Å². The van der Waals surface area contributed by atoms with E-state index in [2.05, 4.69) is 0 Å². The minimum atomic E-state index is -0.563. The number of nitrogens with zero attached hydrogens (tertiary/aromatic N) is 1. The monoisotopic (exact) mass is 295 g/mol. The Morgan fingerprint density at radius 2 is 2.05 bits per heavy atom. The zero-order valence-corrected chi connectivity index (χ0v) is 12.8. The number of nitro benzene ring substituents is 1. The van der Waals surface area contributed by atoms with Gasteiger partial charge in [0, 0.05) is 6.07 Å². The summed E-state index contributed by atoms with van der Waals surface area (Å²) in [5.74, 6) is 0.0713. The highest BCUT2D eigenvalue weighted by Crippen LogP contribution is 2.31. The van der Waals surface area contributed by atoms with Crippen LogP contribution in [-0.4, -0.2) is 24.1 Å². The van der Waals surface area contributed by atoms with Crippen LogP contribution in [0.3, 0.4) is 0 Å². The molecule has 0 aromatic heterocycles. The number of hydrogen-bond donors (Lipinski definition) is 0. The predicted octanol–water partition coefficient (Wildman–Crippen LogP) is 3.50. The van der Waals surface area contributed by atoms with E-state index < -0.39 is 10.9 Å². The number of ether oxygens (including phenoxy) is 2. The van der Waals surface area contributed by atoms with E-state index in [9.17, 15) is 14.9 Å². The Morgan fingerprint density at radius 1 is 1.38 bits per heavy atom. The van der Waals surface area contributed by atoms with E-state index >= 15 is 0 Å². The van der Waals surface area contributed by atoms with Crippen LogP contribution in [0.2, 0.25) is 0 Å². The fraction of sp³-hybridized carbons (Fsp3) is 0.533. The molecule has 0 unspecified atom stereocenters. The average molecular weight is 295 g/mol. The molecule has 0 saturated carbocycles. The molecule has 0 aliphatic heterocycles. The Labute approximate surface area is 124 Å². The van der Waals surface area contributed by atoms with E-state index in [1.165, 1.54) is 12.1 Å². The highest BCUT2D eigenvalue weighted by atomic mass is 16.6. The number of benzene rings is 1. The zero-order valence-electron chi connectivity index (χ0n) is 12.8. The molecule has 21 heavy (non-hydrogen) atoms. The van der Waals surface area contributed by atoms with E-state index in [-0.39, 0.29) is 23.6 Å². The van der Waals surface area contributed by atoms with Gasteiger partial charge in [-0.05, 0) is 37.8 Å². The molecule has 0 amide bonds. The zero-order chi connectivity index (χ0) is 16.0. The maximum Gasteiger partial charge on any atom is 0.338 e. The van der Waals surface area contributed by atoms with E-state index in [4.69, 9.17) is 9.47 Å². The lowest BCUT2D eigenvalue weighted by molar-refractivity contribution is -0.385. The Bertz CT molecular complexity index is 525. The van der Waals surface area contributed by atoms with E-state index in [1.807, 2.05) is 13.8 Å². The minimum Gasteiger partial charge on any atom is -0.487 e. The average Bonchev–Trinajstić information content (AvgIpc) is 2.38. The Morgan fingerprint density at radius 3 is 2.57 bits per heavy atom. The van der Waals surface area contributed by atoms with Crippen molar-refractivity contribution in [2.75, 3.05) is 13.2 Å². The number of rotatable bonds is 7. The SMILES string of the molecule is CCOC(=O)c1cc([N+](=O)[O-])c(OCCC(C)C)cc1C. The van der Waals surface area contributed by atoms with E-state index in [0.29, 0.717) is 18.1 Å². The highest BCUT2D eigenvalue weighted by Gasteiger charge is 2.22. The molecule has 1 aromatic carbocycles. The molecule has 1 rings (SSSR count). The number of carbonyl (C=O) groups is 1. The van der Waals surface area contributed by atoms with Crippen LogP contribution in [0.5, 0.6) is 5.75 Å². The van der Waals surface area contributed by atoms with Crippen molar-refractivity contribution in [2.45, 2.75) is 34.1 Å². The number of hydrogen-bond acceptors (Lipinski definition) is 5. The van der Waals surface area contributed by atoms with Gasteiger partial charge in [-0.1, -0.05) is 13.8 Å². The summed E-state index contributed by atoms with van der Waals surface area (Å²) >= 11 is 0. The molecular formula is C15H21NO5. The predicted molar refractivity (Wildman–Crippen MR) is 78.7 cm³/mol. The van der Waals surface area contributed by atoms with Gasteiger partial charge < -0.3 is 9.47 Å². The van der Waals surface area contributed by atoms with Crippen molar-refractivity contribution in [3.05, 3.63) is 33.4 Å². The molecule has 1 aromatic rings. The summed E-state index contributed by atoms with van der Waals surface area (Å²) in [5.41, 5.74) is 0.575. The lowest BCUT2D eigenvalue weighted by Crippen LogP contribution is -2.09. The number of carbonyl (C=O) groups excluding carboxylic acids is 1. The van der Waals surface area contributed by atoms with Gasteiger partial charge in [-0.3, -0.25) is 10.1 Å². The molecule has 0 radical (unpaired) electrons. The smallest absolute Gasteiger partial charge is 0.338 e. The van der Waals surface area contributed by atoms with Crippen molar-refractivity contribution in [1.29, 1.82) is 0 Å². The standard InChI is InChI=1S/C15H21NO5/c1-5-20-15(17)12-9-13(16(18)19)14(8-11(12)4)21-7-6-10(2)3/h8-10H,5-7H2,1-4H3. The van der Waals surface area contributed by atoms with Crippen molar-refractivity contribution in [3.8, 4) is 5.75 Å². The van der Waals surface area contributed by atoms with Crippen LogP contribution >= 0.6 is 0 Å². The van der Waals surface area contributed by atoms with Crippen molar-refractivity contribution in [3.63, 3.8) is 0 Å². The molecule has 0 fully saturated rings. The summed E-state index contributed by atoms with van der Waals surface area (Å²) in [6, 6.07) is 2.74. The maximum atomic E-state index is 11.8. The second kappa shape index (κ2) is 7.61. The van der Waals surface area contributed by atoms with Gasteiger partial charge in [-0.2, -0.15) is 0 Å². The molecule has 0 bridgehead atoms. The molecule has 0 atom stereocenters. The van der Waals surface area contributed by atoms with Crippen LogP contribution in [0, 0.1) is 23.0 Å². The van der Waals surface area contributed by atoms with E-state index in [0.717, 1.165) is 6.42 Å². The second-order valence-corrected chi connectivity index (χ2v) is 5.14. The molecule has 6 nitrogen and oxygen atoms in total. The number of nitro groups is 1. The van der Waals surface area contributed by atoms with Crippen LogP contribution in [0.4, 0.5) is 5.69 Å². The minimum absolute atomic E-state index is 0.186. The van der Waals surface area contributed by atoms with Gasteiger partial charge in [0.05, 0.1) is 23.7 Å². The van der Waals surface area contributed by atoms with Gasteiger partial charge in [0.1, 0.15) is 0 Å². The first kappa shape index (κ1) is 16.9. The summed E-state index contributed by atoms with van der Waals surface area (Å²) < 4.78 is 10.4. The van der Waals surface area contributed by atoms with Crippen LogP contribution in [0.1, 0.15) is 43.1 Å². The quantitative estimate of drug-likeness (QED) is 0.437. The first-order valence-electron chi connectivity index (χ1n) is 6.95. The second-order valence-electron chi connectivity index (χ2n) is 5.14. The summed E-state index contributed by atoms with van der Waals surface area (Å²) in [6.45, 7) is 8.10. The van der Waals surface area contributed by atoms with Crippen LogP contribution in [0.15, 0.2) is 12.1 Å². The molecular weight excluding hydrogens is 274 g/mol. The van der Waals surface area contributed by atoms with Gasteiger partial charge in [-0.25, -0.2) is 4.79 Å². The first-order chi connectivity index (χ1) is 9.86. The molecule has 6 heteroatoms. The third kappa shape index (κ3) is 4.73. The molecule has 0 saturated heterocycles. The fourth-order valence-electron chi connectivity index (χ4n) is 1.76. The molecule has 0 spiro atoms. The summed E-state index contributed by atoms with van der Waals surface area (Å²) in [7, 11) is 0. The van der Waals surface area contributed by atoms with Gasteiger partial charge in [0.15, 0.2) is 5.75 Å². The molecule has 0 heterocycles. The molecule has 0 aliphatic rings. The normalized spacial score (nSPS) is 10.5. The van der Waals surface area contributed by atoms with Gasteiger partial charge in [0.25, 0.3) is 0 Å². The summed E-state index contributed by atoms with van der Waals surface area (Å²) in [4.78, 5) is 22.4. The number of esters is 1. The van der Waals surface area contributed by atoms with Crippen LogP contribution in [0.25, 0.3) is 0 Å². The largest absolute Gasteiger partial charge is 0.487 e. The lowest BCUT2D eigenvalue weighted by Gasteiger charge is -2.11. The Hall–Kier alpha value is -2.11. The first-order valence-corrected chi connectivity index (χ1v) is 6.95. The van der Waals surface area contributed by atoms with Gasteiger partial charge >= 0.3 is 11.7 Å². The third-order valence-electron chi connectivity index (χ3n) is 2.95. The topological polar surface area (TPSA) is 78.7 Å². The lowest BCUT2D eigenvalue weighted by atomic mass is 10.1. The maximum absolute atomic E-state index is 11.8. The fourth-order valence-corrected chi connectivity index (χ4v) is 1.76. The molecule has 116 valence electrons. The van der Waals surface area contributed by atoms with E-state index in [1.54, 1.807) is 13.8 Å². The Kier molecular flexibility index (Phi) is 6.14. The third-order valence-corrected chi connectivity index (χ3v) is 2.95. The van der Waals surface area contributed by atoms with Crippen molar-refractivity contribution >= 4 is 11.7 Å². The van der Waals surface area contributed by atoms with Gasteiger partial charge in [0.2, 0.25) is 0 Å². The van der Waals surface area contributed by atoms with Crippen molar-refractivity contribution in [2.24, 2.45) is 5.92 Å².